The predicted molar refractivity (Wildman–Crippen MR) is 114 cm³/mol. The van der Waals surface area contributed by atoms with Gasteiger partial charge in [-0.25, -0.2) is 4.79 Å². The molecule has 0 spiro atoms. The average molecular weight is 420 g/mol. The van der Waals surface area contributed by atoms with E-state index in [9.17, 15) is 19.2 Å². The predicted octanol–water partition coefficient (Wildman–Crippen LogP) is 3.47. The summed E-state index contributed by atoms with van der Waals surface area (Å²) in [6.45, 7) is 1.50. The quantitative estimate of drug-likeness (QED) is 0.591. The van der Waals surface area contributed by atoms with Crippen LogP contribution in [-0.2, 0) is 19.1 Å². The van der Waals surface area contributed by atoms with Crippen LogP contribution in [0, 0.1) is 18.8 Å². The van der Waals surface area contributed by atoms with E-state index >= 15 is 0 Å². The van der Waals surface area contributed by atoms with Crippen LogP contribution in [0.4, 0.5) is 11.4 Å². The molecule has 1 heterocycles. The molecule has 1 N–H and O–H groups in total. The van der Waals surface area contributed by atoms with Crippen molar-refractivity contribution in [2.75, 3.05) is 16.8 Å². The first-order chi connectivity index (χ1) is 14.9. The van der Waals surface area contributed by atoms with E-state index in [4.69, 9.17) is 4.74 Å². The summed E-state index contributed by atoms with van der Waals surface area (Å²) in [5.41, 5.74) is 2.22. The molecular formula is C24H24N2O5. The van der Waals surface area contributed by atoms with Crippen LogP contribution in [0.25, 0.3) is 0 Å². The number of benzene rings is 2. The van der Waals surface area contributed by atoms with Crippen LogP contribution in [0.5, 0.6) is 0 Å². The van der Waals surface area contributed by atoms with Gasteiger partial charge in [0.05, 0.1) is 23.1 Å². The van der Waals surface area contributed by atoms with E-state index in [0.29, 0.717) is 11.4 Å². The van der Waals surface area contributed by atoms with Gasteiger partial charge in [0.2, 0.25) is 11.8 Å². The molecule has 3 amide bonds. The number of hydrogen-bond acceptors (Lipinski definition) is 5. The lowest BCUT2D eigenvalue weighted by Crippen LogP contribution is -2.31. The van der Waals surface area contributed by atoms with Gasteiger partial charge in [-0.05, 0) is 50.1 Å². The summed E-state index contributed by atoms with van der Waals surface area (Å²) in [6.07, 6.45) is 3.35. The van der Waals surface area contributed by atoms with E-state index in [1.54, 1.807) is 24.3 Å². The Labute approximate surface area is 180 Å². The van der Waals surface area contributed by atoms with Crippen LogP contribution >= 0.6 is 0 Å². The molecule has 1 saturated heterocycles. The van der Waals surface area contributed by atoms with E-state index in [0.717, 1.165) is 31.2 Å². The minimum absolute atomic E-state index is 0.177. The second kappa shape index (κ2) is 8.71. The molecule has 7 nitrogen and oxygen atoms in total. The maximum Gasteiger partial charge on any atom is 0.338 e. The highest BCUT2D eigenvalue weighted by Crippen LogP contribution is 2.40. The number of fused-ring (bicyclic) bond motifs is 1. The van der Waals surface area contributed by atoms with Crippen molar-refractivity contribution >= 4 is 35.1 Å². The molecule has 2 aromatic rings. The summed E-state index contributed by atoms with van der Waals surface area (Å²) in [4.78, 5) is 51.2. The Morgan fingerprint density at radius 3 is 2.29 bits per heavy atom. The Hall–Kier alpha value is -3.48. The van der Waals surface area contributed by atoms with Gasteiger partial charge >= 0.3 is 5.97 Å². The fourth-order valence-electron chi connectivity index (χ4n) is 4.24. The Morgan fingerprint density at radius 1 is 1.00 bits per heavy atom. The molecule has 2 aromatic carbocycles. The molecule has 0 unspecified atom stereocenters. The van der Waals surface area contributed by atoms with Crippen molar-refractivity contribution in [1.82, 2.24) is 0 Å². The molecule has 2 aliphatic rings. The lowest BCUT2D eigenvalue weighted by molar-refractivity contribution is -0.122. The summed E-state index contributed by atoms with van der Waals surface area (Å²) in [7, 11) is 0. The molecule has 1 aliphatic heterocycles. The van der Waals surface area contributed by atoms with Gasteiger partial charge in [-0.1, -0.05) is 36.6 Å². The summed E-state index contributed by atoms with van der Waals surface area (Å²) in [6, 6.07) is 13.5. The van der Waals surface area contributed by atoms with Gasteiger partial charge in [-0.3, -0.25) is 19.3 Å². The second-order valence-corrected chi connectivity index (χ2v) is 8.05. The summed E-state index contributed by atoms with van der Waals surface area (Å²) in [5, 5.41) is 2.66. The zero-order chi connectivity index (χ0) is 22.0. The van der Waals surface area contributed by atoms with Gasteiger partial charge in [-0.2, -0.15) is 0 Å². The number of aryl methyl sites for hydroxylation is 1. The van der Waals surface area contributed by atoms with Gasteiger partial charge in [0.15, 0.2) is 6.61 Å². The lowest BCUT2D eigenvalue weighted by atomic mass is 9.81. The zero-order valence-corrected chi connectivity index (χ0v) is 17.3. The van der Waals surface area contributed by atoms with Crippen LogP contribution in [0.2, 0.25) is 0 Å². The van der Waals surface area contributed by atoms with Crippen molar-refractivity contribution in [2.24, 2.45) is 11.8 Å². The van der Waals surface area contributed by atoms with Crippen molar-refractivity contribution in [3.63, 3.8) is 0 Å². The molecule has 7 heteroatoms. The van der Waals surface area contributed by atoms with E-state index in [1.165, 1.54) is 17.0 Å². The highest BCUT2D eigenvalue weighted by molar-refractivity contribution is 6.22. The standard InChI is InChI=1S/C24H24N2O5/c1-15-9-11-17(12-10-15)25-21(27)14-31-24(30)16-5-4-6-18(13-16)26-22(28)19-7-2-3-8-20(19)23(26)29/h4-6,9-13,19-20H,2-3,7-8,14H2,1H3,(H,25,27)/t19-,20-/m1/s1. The van der Waals surface area contributed by atoms with Crippen molar-refractivity contribution in [3.05, 3.63) is 59.7 Å². The van der Waals surface area contributed by atoms with Crippen LogP contribution in [0.15, 0.2) is 48.5 Å². The first-order valence-corrected chi connectivity index (χ1v) is 10.5. The number of ether oxygens (including phenoxy) is 1. The highest BCUT2D eigenvalue weighted by atomic mass is 16.5. The smallest absolute Gasteiger partial charge is 0.338 e. The molecule has 2 fully saturated rings. The Morgan fingerprint density at radius 2 is 1.65 bits per heavy atom. The van der Waals surface area contributed by atoms with Crippen molar-refractivity contribution in [3.8, 4) is 0 Å². The Bertz CT molecular complexity index is 1010. The van der Waals surface area contributed by atoms with Crippen molar-refractivity contribution < 1.29 is 23.9 Å². The number of rotatable bonds is 5. The molecule has 2 atom stereocenters. The van der Waals surface area contributed by atoms with Crippen molar-refractivity contribution in [2.45, 2.75) is 32.6 Å². The largest absolute Gasteiger partial charge is 0.452 e. The van der Waals surface area contributed by atoms with E-state index < -0.39 is 18.5 Å². The lowest BCUT2D eigenvalue weighted by Gasteiger charge is -2.19. The molecule has 0 aromatic heterocycles. The van der Waals surface area contributed by atoms with E-state index in [-0.39, 0.29) is 29.2 Å². The third kappa shape index (κ3) is 4.35. The number of anilines is 2. The van der Waals surface area contributed by atoms with Gasteiger partial charge in [0.1, 0.15) is 0 Å². The first kappa shape index (κ1) is 20.8. The first-order valence-electron chi connectivity index (χ1n) is 10.5. The fraction of sp³-hybridized carbons (Fsp3) is 0.333. The molecule has 31 heavy (non-hydrogen) atoms. The maximum atomic E-state index is 12.8. The Kier molecular flexibility index (Phi) is 5.84. The van der Waals surface area contributed by atoms with Crippen molar-refractivity contribution in [1.29, 1.82) is 0 Å². The molecular weight excluding hydrogens is 396 g/mol. The minimum atomic E-state index is -0.697. The number of hydrogen-bond donors (Lipinski definition) is 1. The average Bonchev–Trinajstić information content (AvgIpc) is 3.04. The molecule has 1 saturated carbocycles. The molecule has 0 bridgehead atoms. The molecule has 0 radical (unpaired) electrons. The van der Waals surface area contributed by atoms with E-state index in [1.807, 2.05) is 19.1 Å². The highest BCUT2D eigenvalue weighted by Gasteiger charge is 2.48. The minimum Gasteiger partial charge on any atom is -0.452 e. The second-order valence-electron chi connectivity index (χ2n) is 8.05. The van der Waals surface area contributed by atoms with E-state index in [2.05, 4.69) is 5.32 Å². The normalized spacial score (nSPS) is 20.4. The number of carbonyl (C=O) groups is 4. The third-order valence-electron chi connectivity index (χ3n) is 5.85. The van der Waals surface area contributed by atoms with Gasteiger partial charge in [0, 0.05) is 5.69 Å². The van der Waals surface area contributed by atoms with Crippen LogP contribution < -0.4 is 10.2 Å². The van der Waals surface area contributed by atoms with Gasteiger partial charge in [0.25, 0.3) is 5.91 Å². The summed E-state index contributed by atoms with van der Waals surface area (Å²) in [5.74, 6) is -2.07. The van der Waals surface area contributed by atoms with Crippen LogP contribution in [-0.4, -0.2) is 30.3 Å². The monoisotopic (exact) mass is 420 g/mol. The number of amides is 3. The number of esters is 1. The number of imide groups is 1. The topological polar surface area (TPSA) is 92.8 Å². The number of nitrogens with one attached hydrogen (secondary N) is 1. The molecule has 1 aliphatic carbocycles. The van der Waals surface area contributed by atoms with Gasteiger partial charge in [-0.15, -0.1) is 0 Å². The Balaban J connectivity index is 1.40. The summed E-state index contributed by atoms with van der Waals surface area (Å²) < 4.78 is 5.11. The van der Waals surface area contributed by atoms with Gasteiger partial charge < -0.3 is 10.1 Å². The summed E-state index contributed by atoms with van der Waals surface area (Å²) >= 11 is 0. The SMILES string of the molecule is Cc1ccc(NC(=O)COC(=O)c2cccc(N3C(=O)[C@@H]4CCCC[C@H]4C3=O)c2)cc1. The fourth-order valence-corrected chi connectivity index (χ4v) is 4.24. The molecule has 160 valence electrons. The number of carbonyl (C=O) groups excluding carboxylic acids is 4. The number of nitrogens with zero attached hydrogens (tertiary/aromatic N) is 1. The zero-order valence-electron chi connectivity index (χ0n) is 17.3. The van der Waals surface area contributed by atoms with Crippen LogP contribution in [0.3, 0.4) is 0 Å². The maximum absolute atomic E-state index is 12.8. The van der Waals surface area contributed by atoms with Crippen LogP contribution in [0.1, 0.15) is 41.6 Å². The third-order valence-corrected chi connectivity index (χ3v) is 5.85. The molecule has 4 rings (SSSR count).